The molecule has 2 aliphatic rings. The average Bonchev–Trinajstić information content (AvgIpc) is 2.62. The maximum atomic E-state index is 13.2. The summed E-state index contributed by atoms with van der Waals surface area (Å²) in [7, 11) is 1.83. The lowest BCUT2D eigenvalue weighted by atomic mass is 9.46. The zero-order valence-electron chi connectivity index (χ0n) is 15.7. The normalized spacial score (nSPS) is 30.1. The van der Waals surface area contributed by atoms with E-state index in [0.29, 0.717) is 13.2 Å². The first-order chi connectivity index (χ1) is 11.8. The highest BCUT2D eigenvalue weighted by Gasteiger charge is 2.70. The van der Waals surface area contributed by atoms with Gasteiger partial charge in [-0.05, 0) is 37.5 Å². The second-order valence-electron chi connectivity index (χ2n) is 7.87. The summed E-state index contributed by atoms with van der Waals surface area (Å²) < 4.78 is 11.4. The molecule has 2 fully saturated rings. The van der Waals surface area contributed by atoms with Gasteiger partial charge in [0.05, 0.1) is 12.7 Å². The minimum absolute atomic E-state index is 0.0122. The Morgan fingerprint density at radius 1 is 1.36 bits per heavy atom. The van der Waals surface area contributed by atoms with E-state index in [4.69, 9.17) is 15.2 Å². The fourth-order valence-electron chi connectivity index (χ4n) is 4.53. The summed E-state index contributed by atoms with van der Waals surface area (Å²) >= 11 is 0. The molecule has 0 bridgehead atoms. The van der Waals surface area contributed by atoms with Crippen LogP contribution >= 0.6 is 0 Å². The SMILES string of the molecule is CCOc1ccc(CN(C)C(=O)C2(N)C3CCCOC3C2(C)C)cc1. The summed E-state index contributed by atoms with van der Waals surface area (Å²) in [6.45, 7) is 8.04. The Balaban J connectivity index is 1.71. The highest BCUT2D eigenvalue weighted by Crippen LogP contribution is 2.57. The standard InChI is InChI=1S/C20H30N2O3/c1-5-24-15-10-8-14(9-11-15)13-22(4)18(23)20(21)16-7-6-12-25-17(16)19(20,2)3/h8-11,16-17H,5-7,12-13,21H2,1-4H3. The molecule has 3 unspecified atom stereocenters. The Morgan fingerprint density at radius 2 is 2.04 bits per heavy atom. The van der Waals surface area contributed by atoms with Crippen LogP contribution in [0.4, 0.5) is 0 Å². The van der Waals surface area contributed by atoms with Crippen molar-refractivity contribution in [2.24, 2.45) is 17.1 Å². The Labute approximate surface area is 150 Å². The molecule has 1 aliphatic carbocycles. The van der Waals surface area contributed by atoms with Crippen LogP contribution in [0, 0.1) is 11.3 Å². The molecule has 0 aromatic heterocycles. The molecule has 1 aliphatic heterocycles. The maximum absolute atomic E-state index is 13.2. The molecule has 3 rings (SSSR count). The fourth-order valence-corrected chi connectivity index (χ4v) is 4.53. The molecule has 3 atom stereocenters. The number of carbonyl (C=O) groups excluding carboxylic acids is 1. The van der Waals surface area contributed by atoms with Crippen molar-refractivity contribution in [3.8, 4) is 5.75 Å². The molecule has 25 heavy (non-hydrogen) atoms. The minimum atomic E-state index is -0.849. The average molecular weight is 346 g/mol. The summed E-state index contributed by atoms with van der Waals surface area (Å²) in [6, 6.07) is 7.87. The van der Waals surface area contributed by atoms with E-state index < -0.39 is 5.54 Å². The van der Waals surface area contributed by atoms with E-state index in [1.54, 1.807) is 4.90 Å². The van der Waals surface area contributed by atoms with Gasteiger partial charge in [-0.25, -0.2) is 0 Å². The van der Waals surface area contributed by atoms with Crippen LogP contribution in [0.2, 0.25) is 0 Å². The third-order valence-corrected chi connectivity index (χ3v) is 6.04. The largest absolute Gasteiger partial charge is 0.494 e. The molecule has 0 radical (unpaired) electrons. The van der Waals surface area contributed by atoms with Crippen molar-refractivity contribution in [1.82, 2.24) is 4.90 Å². The van der Waals surface area contributed by atoms with Gasteiger partial charge in [0, 0.05) is 31.5 Å². The van der Waals surface area contributed by atoms with E-state index in [1.165, 1.54) is 0 Å². The van der Waals surface area contributed by atoms with Crippen molar-refractivity contribution in [2.45, 2.75) is 51.8 Å². The van der Waals surface area contributed by atoms with E-state index in [0.717, 1.165) is 30.8 Å². The number of nitrogens with zero attached hydrogens (tertiary/aromatic N) is 1. The van der Waals surface area contributed by atoms with Crippen molar-refractivity contribution in [2.75, 3.05) is 20.3 Å². The number of rotatable bonds is 5. The van der Waals surface area contributed by atoms with E-state index in [1.807, 2.05) is 38.2 Å². The second kappa shape index (κ2) is 6.61. The van der Waals surface area contributed by atoms with Crippen molar-refractivity contribution < 1.29 is 14.3 Å². The lowest BCUT2D eigenvalue weighted by Gasteiger charge is -2.65. The third kappa shape index (κ3) is 2.83. The van der Waals surface area contributed by atoms with Crippen LogP contribution in [0.3, 0.4) is 0 Å². The van der Waals surface area contributed by atoms with E-state index in [2.05, 4.69) is 13.8 Å². The van der Waals surface area contributed by atoms with Gasteiger partial charge in [-0.15, -0.1) is 0 Å². The number of benzene rings is 1. The number of nitrogens with two attached hydrogens (primary N) is 1. The Morgan fingerprint density at radius 3 is 2.68 bits per heavy atom. The van der Waals surface area contributed by atoms with Crippen molar-refractivity contribution in [1.29, 1.82) is 0 Å². The topological polar surface area (TPSA) is 64.8 Å². The lowest BCUT2D eigenvalue weighted by Crippen LogP contribution is -2.82. The van der Waals surface area contributed by atoms with Gasteiger partial charge in [0.15, 0.2) is 0 Å². The molecule has 1 heterocycles. The minimum Gasteiger partial charge on any atom is -0.494 e. The molecule has 5 heteroatoms. The van der Waals surface area contributed by atoms with Crippen LogP contribution in [-0.2, 0) is 16.1 Å². The maximum Gasteiger partial charge on any atom is 0.243 e. The highest BCUT2D eigenvalue weighted by molar-refractivity contribution is 5.89. The quantitative estimate of drug-likeness (QED) is 0.890. The van der Waals surface area contributed by atoms with Gasteiger partial charge in [-0.2, -0.15) is 0 Å². The first kappa shape index (κ1) is 18.2. The zero-order chi connectivity index (χ0) is 18.2. The van der Waals surface area contributed by atoms with Gasteiger partial charge in [0.1, 0.15) is 11.3 Å². The molecular formula is C20H30N2O3. The fraction of sp³-hybridized carbons (Fsp3) is 0.650. The molecular weight excluding hydrogens is 316 g/mol. The van der Waals surface area contributed by atoms with Gasteiger partial charge in [-0.1, -0.05) is 26.0 Å². The molecule has 1 saturated heterocycles. The predicted molar refractivity (Wildman–Crippen MR) is 97.2 cm³/mol. The molecule has 2 N–H and O–H groups in total. The summed E-state index contributed by atoms with van der Waals surface area (Å²) in [5, 5.41) is 0. The molecule has 1 saturated carbocycles. The second-order valence-corrected chi connectivity index (χ2v) is 7.87. The van der Waals surface area contributed by atoms with Crippen LogP contribution in [-0.4, -0.2) is 42.7 Å². The smallest absolute Gasteiger partial charge is 0.243 e. The molecule has 1 aromatic carbocycles. The van der Waals surface area contributed by atoms with Crippen LogP contribution in [0.1, 0.15) is 39.2 Å². The molecule has 0 spiro atoms. The number of ether oxygens (including phenoxy) is 2. The number of carbonyl (C=O) groups is 1. The first-order valence-electron chi connectivity index (χ1n) is 9.20. The molecule has 1 aromatic rings. The number of hydrogen-bond acceptors (Lipinski definition) is 4. The number of likely N-dealkylation sites (N-methyl/N-ethyl adjacent to an activating group) is 1. The van der Waals surface area contributed by atoms with Crippen molar-refractivity contribution >= 4 is 5.91 Å². The van der Waals surface area contributed by atoms with Gasteiger partial charge in [0.25, 0.3) is 0 Å². The summed E-state index contributed by atoms with van der Waals surface area (Å²) in [6.07, 6.45) is 2.04. The Bertz CT molecular complexity index is 628. The van der Waals surface area contributed by atoms with Crippen LogP contribution in [0.5, 0.6) is 5.75 Å². The summed E-state index contributed by atoms with van der Waals surface area (Å²) in [5.74, 6) is 0.975. The third-order valence-electron chi connectivity index (χ3n) is 6.04. The molecule has 5 nitrogen and oxygen atoms in total. The monoisotopic (exact) mass is 346 g/mol. The van der Waals surface area contributed by atoms with E-state index >= 15 is 0 Å². The van der Waals surface area contributed by atoms with Gasteiger partial charge in [-0.3, -0.25) is 4.79 Å². The van der Waals surface area contributed by atoms with Gasteiger partial charge < -0.3 is 20.1 Å². The van der Waals surface area contributed by atoms with Crippen LogP contribution in [0.25, 0.3) is 0 Å². The van der Waals surface area contributed by atoms with Crippen LogP contribution in [0.15, 0.2) is 24.3 Å². The van der Waals surface area contributed by atoms with E-state index in [-0.39, 0.29) is 23.3 Å². The molecule has 1 amide bonds. The van der Waals surface area contributed by atoms with Crippen molar-refractivity contribution in [3.05, 3.63) is 29.8 Å². The highest BCUT2D eigenvalue weighted by atomic mass is 16.5. The summed E-state index contributed by atoms with van der Waals surface area (Å²) in [4.78, 5) is 15.0. The molecule has 138 valence electrons. The number of fused-ring (bicyclic) bond motifs is 1. The lowest BCUT2D eigenvalue weighted by molar-refractivity contribution is -0.229. The van der Waals surface area contributed by atoms with Crippen LogP contribution < -0.4 is 10.5 Å². The van der Waals surface area contributed by atoms with Crippen molar-refractivity contribution in [3.63, 3.8) is 0 Å². The first-order valence-corrected chi connectivity index (χ1v) is 9.20. The number of amides is 1. The predicted octanol–water partition coefficient (Wildman–Crippen LogP) is 2.58. The Kier molecular flexibility index (Phi) is 4.82. The zero-order valence-corrected chi connectivity index (χ0v) is 15.7. The van der Waals surface area contributed by atoms with Gasteiger partial charge in [0.2, 0.25) is 5.91 Å². The van der Waals surface area contributed by atoms with Gasteiger partial charge >= 0.3 is 0 Å². The van der Waals surface area contributed by atoms with E-state index in [9.17, 15) is 4.79 Å². The number of hydrogen-bond donors (Lipinski definition) is 1. The summed E-state index contributed by atoms with van der Waals surface area (Å²) in [5.41, 5.74) is 6.58. The Hall–Kier alpha value is -1.59.